The van der Waals surface area contributed by atoms with Gasteiger partial charge in [0, 0.05) is 5.56 Å². The van der Waals surface area contributed by atoms with Crippen molar-refractivity contribution in [1.29, 1.82) is 0 Å². The van der Waals surface area contributed by atoms with E-state index in [1.807, 2.05) is 18.2 Å². The number of unbranched alkanes of at least 4 members (excludes halogenated alkanes) is 3. The van der Waals surface area contributed by atoms with Gasteiger partial charge in [-0.1, -0.05) is 43.2 Å². The molecule has 1 heterocycles. The minimum absolute atomic E-state index is 0.114. The fourth-order valence-electron chi connectivity index (χ4n) is 5.05. The van der Waals surface area contributed by atoms with E-state index in [1.54, 1.807) is 34.6 Å². The highest BCUT2D eigenvalue weighted by Gasteiger charge is 2.57. The molecule has 1 aliphatic rings. The molecule has 1 fully saturated rings. The summed E-state index contributed by atoms with van der Waals surface area (Å²) >= 11 is 0. The van der Waals surface area contributed by atoms with Crippen molar-refractivity contribution < 1.29 is 41.8 Å². The summed E-state index contributed by atoms with van der Waals surface area (Å²) in [6, 6.07) is 13.2. The molecule has 0 aliphatic carbocycles. The number of Topliss-reactive ketones (excluding diaryl/α,β-unsaturated/α-hetero) is 1. The predicted octanol–water partition coefficient (Wildman–Crippen LogP) is 6.95. The molecular formula is C33H43F3N2O6. The fourth-order valence-corrected chi connectivity index (χ4v) is 5.05. The van der Waals surface area contributed by atoms with Crippen molar-refractivity contribution in [3.05, 3.63) is 65.2 Å². The second-order valence-corrected chi connectivity index (χ2v) is 12.6. The zero-order valence-electron chi connectivity index (χ0n) is 26.3. The summed E-state index contributed by atoms with van der Waals surface area (Å²) in [6.45, 7) is 9.10. The largest absolute Gasteiger partial charge is 0.493 e. The van der Waals surface area contributed by atoms with E-state index in [0.717, 1.165) is 37.8 Å². The van der Waals surface area contributed by atoms with Gasteiger partial charge in [-0.2, -0.15) is 13.2 Å². The van der Waals surface area contributed by atoms with Crippen LogP contribution in [-0.4, -0.2) is 59.3 Å². The number of nitrogens with zero attached hydrogens (tertiary/aromatic N) is 1. The van der Waals surface area contributed by atoms with Crippen LogP contribution in [0.15, 0.2) is 48.5 Å². The van der Waals surface area contributed by atoms with Gasteiger partial charge in [0.1, 0.15) is 22.6 Å². The first kappa shape index (κ1) is 34.9. The molecule has 0 aromatic heterocycles. The molecule has 0 saturated carbocycles. The van der Waals surface area contributed by atoms with E-state index in [4.69, 9.17) is 14.2 Å². The van der Waals surface area contributed by atoms with Crippen molar-refractivity contribution in [2.75, 3.05) is 19.8 Å². The van der Waals surface area contributed by atoms with Gasteiger partial charge < -0.3 is 19.5 Å². The van der Waals surface area contributed by atoms with Gasteiger partial charge in [0.25, 0.3) is 0 Å². The minimum atomic E-state index is -4.75. The Hall–Kier alpha value is -3.60. The number of rotatable bonds is 12. The molecule has 2 aromatic carbocycles. The van der Waals surface area contributed by atoms with E-state index in [1.165, 1.54) is 23.5 Å². The molecule has 0 bridgehead atoms. The summed E-state index contributed by atoms with van der Waals surface area (Å²) in [5.41, 5.74) is -3.59. The van der Waals surface area contributed by atoms with Crippen LogP contribution < -0.4 is 10.1 Å². The molecule has 8 nitrogen and oxygen atoms in total. The van der Waals surface area contributed by atoms with Crippen LogP contribution in [0.2, 0.25) is 0 Å². The lowest BCUT2D eigenvalue weighted by Crippen LogP contribution is -2.62. The number of hydrogen-bond donors (Lipinski definition) is 1. The fraction of sp³-hybridized carbons (Fsp3) is 0.545. The third-order valence-corrected chi connectivity index (χ3v) is 7.28. The second kappa shape index (κ2) is 14.0. The number of ketones is 1. The first-order valence-electron chi connectivity index (χ1n) is 14.8. The smallest absolute Gasteiger partial charge is 0.419 e. The van der Waals surface area contributed by atoms with E-state index in [9.17, 15) is 27.6 Å². The van der Waals surface area contributed by atoms with Gasteiger partial charge in [0.05, 0.1) is 25.3 Å². The zero-order valence-corrected chi connectivity index (χ0v) is 26.3. The number of alkyl halides is 3. The van der Waals surface area contributed by atoms with E-state index in [0.29, 0.717) is 6.42 Å². The number of nitrogens with one attached hydrogen (secondary N) is 1. The lowest BCUT2D eigenvalue weighted by atomic mass is 9.99. The van der Waals surface area contributed by atoms with E-state index in [-0.39, 0.29) is 24.5 Å². The third-order valence-electron chi connectivity index (χ3n) is 7.28. The Bertz CT molecular complexity index is 1310. The van der Waals surface area contributed by atoms with Gasteiger partial charge in [-0.3, -0.25) is 14.5 Å². The van der Waals surface area contributed by atoms with Crippen LogP contribution in [0.25, 0.3) is 0 Å². The summed E-state index contributed by atoms with van der Waals surface area (Å²) in [7, 11) is 0. The Labute approximate surface area is 257 Å². The number of carbonyl (C=O) groups excluding carboxylic acids is 3. The van der Waals surface area contributed by atoms with Crippen LogP contribution in [0.3, 0.4) is 0 Å². The van der Waals surface area contributed by atoms with Gasteiger partial charge in [0.15, 0.2) is 5.78 Å². The maximum absolute atomic E-state index is 13.9. The molecule has 0 unspecified atom stereocenters. The molecule has 2 amide bonds. The summed E-state index contributed by atoms with van der Waals surface area (Å²) in [4.78, 5) is 40.3. The number of hydrogen-bond acceptors (Lipinski definition) is 6. The van der Waals surface area contributed by atoms with Gasteiger partial charge in [-0.25, -0.2) is 4.79 Å². The standard InChI is InChI=1S/C33H43F3N2O6/c1-30(2,3)44-29(41)38-31(4,5)43-22-32(38,6)28(40)37-21-26(39)24-17-18-27(25(20-24)33(34,35)36)42-19-13-8-7-10-14-23-15-11-9-12-16-23/h9,11-12,15-18,20H,7-8,10,13-14,19,21-22H2,1-6H3,(H,37,40)/t32-/m1/s1. The summed E-state index contributed by atoms with van der Waals surface area (Å²) in [6.07, 6.45) is -1.26. The van der Waals surface area contributed by atoms with Crippen LogP contribution in [0.5, 0.6) is 5.75 Å². The summed E-state index contributed by atoms with van der Waals surface area (Å²) in [5.74, 6) is -1.80. The van der Waals surface area contributed by atoms with Crippen molar-refractivity contribution in [3.63, 3.8) is 0 Å². The van der Waals surface area contributed by atoms with Crippen molar-refractivity contribution in [2.45, 2.75) is 96.7 Å². The second-order valence-electron chi connectivity index (χ2n) is 12.6. The molecule has 1 aliphatic heterocycles. The zero-order chi connectivity index (χ0) is 32.8. The maximum atomic E-state index is 13.9. The van der Waals surface area contributed by atoms with Gasteiger partial charge in [0.2, 0.25) is 5.91 Å². The maximum Gasteiger partial charge on any atom is 0.419 e. The number of amides is 2. The highest BCUT2D eigenvalue weighted by Crippen LogP contribution is 2.38. The predicted molar refractivity (Wildman–Crippen MR) is 159 cm³/mol. The molecule has 1 saturated heterocycles. The molecule has 0 radical (unpaired) electrons. The molecule has 2 aromatic rings. The third kappa shape index (κ3) is 9.20. The molecule has 242 valence electrons. The number of halogens is 3. The van der Waals surface area contributed by atoms with Crippen LogP contribution in [0, 0.1) is 0 Å². The Morgan fingerprint density at radius 2 is 1.61 bits per heavy atom. The lowest BCUT2D eigenvalue weighted by Gasteiger charge is -2.39. The number of carbonyl (C=O) groups is 3. The molecule has 1 N–H and O–H groups in total. The normalized spacial score (nSPS) is 18.2. The van der Waals surface area contributed by atoms with Crippen LogP contribution in [0.1, 0.15) is 88.7 Å². The number of ether oxygens (including phenoxy) is 3. The van der Waals surface area contributed by atoms with E-state index >= 15 is 0 Å². The topological polar surface area (TPSA) is 94.2 Å². The highest BCUT2D eigenvalue weighted by atomic mass is 19.4. The molecule has 44 heavy (non-hydrogen) atoms. The minimum Gasteiger partial charge on any atom is -0.493 e. The molecule has 1 atom stereocenters. The van der Waals surface area contributed by atoms with Crippen molar-refractivity contribution >= 4 is 17.8 Å². The Morgan fingerprint density at radius 1 is 0.955 bits per heavy atom. The van der Waals surface area contributed by atoms with Crippen molar-refractivity contribution in [1.82, 2.24) is 10.2 Å². The van der Waals surface area contributed by atoms with E-state index < -0.39 is 52.9 Å². The van der Waals surface area contributed by atoms with E-state index in [2.05, 4.69) is 17.4 Å². The Kier molecular flexibility index (Phi) is 11.1. The summed E-state index contributed by atoms with van der Waals surface area (Å²) in [5, 5.41) is 2.46. The molecule has 11 heteroatoms. The van der Waals surface area contributed by atoms with Gasteiger partial charge in [-0.15, -0.1) is 0 Å². The number of benzene rings is 2. The average Bonchev–Trinajstić information content (AvgIpc) is 3.19. The first-order chi connectivity index (χ1) is 20.4. The molecular weight excluding hydrogens is 577 g/mol. The molecule has 3 rings (SSSR count). The number of aryl methyl sites for hydroxylation is 1. The van der Waals surface area contributed by atoms with Gasteiger partial charge >= 0.3 is 12.3 Å². The van der Waals surface area contributed by atoms with Crippen molar-refractivity contribution in [2.24, 2.45) is 0 Å². The average molecular weight is 621 g/mol. The Morgan fingerprint density at radius 3 is 2.25 bits per heavy atom. The van der Waals surface area contributed by atoms with Crippen LogP contribution in [-0.2, 0) is 26.9 Å². The van der Waals surface area contributed by atoms with Gasteiger partial charge in [-0.05, 0) is 84.6 Å². The monoisotopic (exact) mass is 620 g/mol. The molecule has 0 spiro atoms. The Balaban J connectivity index is 1.58. The highest BCUT2D eigenvalue weighted by molar-refractivity contribution is 6.01. The lowest BCUT2D eigenvalue weighted by molar-refractivity contribution is -0.139. The van der Waals surface area contributed by atoms with Crippen LogP contribution in [0.4, 0.5) is 18.0 Å². The first-order valence-corrected chi connectivity index (χ1v) is 14.8. The summed E-state index contributed by atoms with van der Waals surface area (Å²) < 4.78 is 58.3. The SMILES string of the molecule is CC(C)(C)OC(=O)N1C(C)(C)OC[C@]1(C)C(=O)NCC(=O)c1ccc(OCCCCCCc2ccccc2)c(C(F)(F)F)c1. The quantitative estimate of drug-likeness (QED) is 0.204. The van der Waals surface area contributed by atoms with Crippen molar-refractivity contribution in [3.8, 4) is 5.75 Å². The van der Waals surface area contributed by atoms with Crippen LogP contribution >= 0.6 is 0 Å².